The Hall–Kier alpha value is -2.11. The van der Waals surface area contributed by atoms with E-state index in [2.05, 4.69) is 5.32 Å². The van der Waals surface area contributed by atoms with Gasteiger partial charge in [-0.2, -0.15) is 0 Å². The van der Waals surface area contributed by atoms with Crippen LogP contribution < -0.4 is 10.9 Å². The number of carbonyl (C=O) groups is 2. The van der Waals surface area contributed by atoms with Gasteiger partial charge >= 0.3 is 5.97 Å². The van der Waals surface area contributed by atoms with Crippen LogP contribution in [-0.2, 0) is 24.2 Å². The van der Waals surface area contributed by atoms with E-state index in [-0.39, 0.29) is 11.1 Å². The Morgan fingerprint density at radius 3 is 2.34 bits per heavy atom. The van der Waals surface area contributed by atoms with Gasteiger partial charge in [-0.05, 0) is 68.9 Å². The zero-order valence-corrected chi connectivity index (χ0v) is 17.2. The molecular formula is C23H32N2O4. The largest absolute Gasteiger partial charge is 0.480 e. The smallest absolute Gasteiger partial charge is 0.329 e. The van der Waals surface area contributed by atoms with Gasteiger partial charge in [-0.3, -0.25) is 9.59 Å². The van der Waals surface area contributed by atoms with Crippen molar-refractivity contribution in [1.29, 1.82) is 0 Å². The topological polar surface area (TPSA) is 88.4 Å². The molecule has 158 valence electrons. The van der Waals surface area contributed by atoms with Crippen LogP contribution in [0.15, 0.2) is 10.9 Å². The highest BCUT2D eigenvalue weighted by Gasteiger charge is 2.52. The van der Waals surface area contributed by atoms with Crippen LogP contribution in [0.4, 0.5) is 0 Å². The van der Waals surface area contributed by atoms with E-state index in [1.807, 2.05) is 4.57 Å². The van der Waals surface area contributed by atoms with Crippen molar-refractivity contribution in [3.8, 4) is 0 Å². The fourth-order valence-electron chi connectivity index (χ4n) is 5.02. The normalized spacial score (nSPS) is 21.5. The van der Waals surface area contributed by atoms with E-state index in [4.69, 9.17) is 0 Å². The highest BCUT2D eigenvalue weighted by molar-refractivity contribution is 5.98. The van der Waals surface area contributed by atoms with Gasteiger partial charge in [0.15, 0.2) is 0 Å². The Morgan fingerprint density at radius 2 is 1.69 bits per heavy atom. The minimum Gasteiger partial charge on any atom is -0.480 e. The second kappa shape index (κ2) is 8.33. The maximum Gasteiger partial charge on any atom is 0.329 e. The molecular weight excluding hydrogens is 368 g/mol. The van der Waals surface area contributed by atoms with Gasteiger partial charge in [-0.25, -0.2) is 4.79 Å². The number of carboxylic acid groups (broad SMARTS) is 1. The quantitative estimate of drug-likeness (QED) is 0.792. The number of amides is 1. The number of aryl methyl sites for hydroxylation is 1. The predicted molar refractivity (Wildman–Crippen MR) is 110 cm³/mol. The molecule has 0 radical (unpaired) electrons. The van der Waals surface area contributed by atoms with Crippen LogP contribution in [0.1, 0.15) is 92.2 Å². The molecule has 6 heteroatoms. The number of nitrogens with zero attached hydrogens (tertiary/aromatic N) is 1. The van der Waals surface area contributed by atoms with Gasteiger partial charge in [0.1, 0.15) is 11.1 Å². The molecule has 1 amide bonds. The summed E-state index contributed by atoms with van der Waals surface area (Å²) in [5.74, 6) is -1.06. The number of aliphatic carboxylic acids is 1. The van der Waals surface area contributed by atoms with Crippen LogP contribution in [0.2, 0.25) is 0 Å². The molecule has 2 fully saturated rings. The van der Waals surface area contributed by atoms with Crippen molar-refractivity contribution in [3.05, 3.63) is 33.2 Å². The van der Waals surface area contributed by atoms with Crippen molar-refractivity contribution in [2.24, 2.45) is 5.92 Å². The molecule has 0 saturated heterocycles. The molecule has 2 saturated carbocycles. The summed E-state index contributed by atoms with van der Waals surface area (Å²) in [6.07, 6.45) is 13.1. The fourth-order valence-corrected chi connectivity index (χ4v) is 5.02. The van der Waals surface area contributed by atoms with Gasteiger partial charge in [-0.15, -0.1) is 0 Å². The third-order valence-electron chi connectivity index (χ3n) is 7.02. The fraction of sp³-hybridized carbons (Fsp3) is 0.696. The van der Waals surface area contributed by atoms with Crippen LogP contribution in [0, 0.1) is 5.92 Å². The first kappa shape index (κ1) is 20.2. The van der Waals surface area contributed by atoms with Gasteiger partial charge in [-0.1, -0.05) is 32.1 Å². The molecule has 0 bridgehead atoms. The standard InChI is InChI=1S/C23H32N2O4/c26-20(24-23(12-13-23)22(28)29)18-14-17-10-6-1-2-7-11-19(17)25(21(18)27)15-16-8-4-3-5-9-16/h14,16H,1-13,15H2,(H,24,26)(H,28,29). The van der Waals surface area contributed by atoms with Gasteiger partial charge in [0.2, 0.25) is 0 Å². The maximum absolute atomic E-state index is 13.4. The van der Waals surface area contributed by atoms with E-state index in [0.717, 1.165) is 49.8 Å². The second-order valence-electron chi connectivity index (χ2n) is 9.21. The monoisotopic (exact) mass is 400 g/mol. The van der Waals surface area contributed by atoms with E-state index in [0.29, 0.717) is 25.3 Å². The number of fused-ring (bicyclic) bond motifs is 1. The average Bonchev–Trinajstić information content (AvgIpc) is 3.46. The van der Waals surface area contributed by atoms with E-state index >= 15 is 0 Å². The molecule has 0 unspecified atom stereocenters. The SMILES string of the molecule is O=C(NC1(C(=O)O)CC1)c1cc2c(n(CC3CCCCC3)c1=O)CCCCCC2. The van der Waals surface area contributed by atoms with Crippen molar-refractivity contribution in [1.82, 2.24) is 9.88 Å². The van der Waals surface area contributed by atoms with E-state index in [1.54, 1.807) is 6.07 Å². The number of pyridine rings is 1. The van der Waals surface area contributed by atoms with Crippen molar-refractivity contribution in [2.75, 3.05) is 0 Å². The number of hydrogen-bond acceptors (Lipinski definition) is 3. The Kier molecular flexibility index (Phi) is 5.79. The molecule has 0 aromatic carbocycles. The Morgan fingerprint density at radius 1 is 1.03 bits per heavy atom. The molecule has 1 aromatic heterocycles. The lowest BCUT2D eigenvalue weighted by Crippen LogP contribution is -2.45. The van der Waals surface area contributed by atoms with Gasteiger partial charge in [0.05, 0.1) is 0 Å². The van der Waals surface area contributed by atoms with Crippen molar-refractivity contribution in [3.63, 3.8) is 0 Å². The number of carbonyl (C=O) groups excluding carboxylic acids is 1. The van der Waals surface area contributed by atoms with Crippen molar-refractivity contribution in [2.45, 2.75) is 95.6 Å². The van der Waals surface area contributed by atoms with Crippen LogP contribution in [-0.4, -0.2) is 27.1 Å². The van der Waals surface area contributed by atoms with Crippen molar-refractivity contribution < 1.29 is 14.7 Å². The summed E-state index contributed by atoms with van der Waals surface area (Å²) in [4.78, 5) is 37.8. The zero-order valence-electron chi connectivity index (χ0n) is 17.2. The lowest BCUT2D eigenvalue weighted by Gasteiger charge is -2.27. The minimum atomic E-state index is -1.18. The van der Waals surface area contributed by atoms with Gasteiger partial charge in [0.25, 0.3) is 11.5 Å². The Bertz CT molecular complexity index is 847. The molecule has 29 heavy (non-hydrogen) atoms. The van der Waals surface area contributed by atoms with Gasteiger partial charge in [0, 0.05) is 12.2 Å². The van der Waals surface area contributed by atoms with Crippen LogP contribution >= 0.6 is 0 Å². The molecule has 3 aliphatic rings. The summed E-state index contributed by atoms with van der Waals surface area (Å²) in [6, 6.07) is 1.76. The third kappa shape index (κ3) is 4.26. The molecule has 2 N–H and O–H groups in total. The first-order valence-corrected chi connectivity index (χ1v) is 11.3. The lowest BCUT2D eigenvalue weighted by atomic mass is 9.88. The van der Waals surface area contributed by atoms with Crippen LogP contribution in [0.5, 0.6) is 0 Å². The summed E-state index contributed by atoms with van der Waals surface area (Å²) >= 11 is 0. The van der Waals surface area contributed by atoms with E-state index < -0.39 is 17.4 Å². The molecule has 6 nitrogen and oxygen atoms in total. The Labute approximate surface area is 171 Å². The van der Waals surface area contributed by atoms with Crippen molar-refractivity contribution >= 4 is 11.9 Å². The second-order valence-corrected chi connectivity index (χ2v) is 9.21. The summed E-state index contributed by atoms with van der Waals surface area (Å²) in [6.45, 7) is 0.687. The summed E-state index contributed by atoms with van der Waals surface area (Å²) in [5, 5.41) is 12.0. The summed E-state index contributed by atoms with van der Waals surface area (Å²) < 4.78 is 1.88. The predicted octanol–water partition coefficient (Wildman–Crippen LogP) is 3.43. The zero-order chi connectivity index (χ0) is 20.4. The molecule has 4 rings (SSSR count). The number of rotatable bonds is 5. The van der Waals surface area contributed by atoms with Crippen LogP contribution in [0.3, 0.4) is 0 Å². The van der Waals surface area contributed by atoms with E-state index in [9.17, 15) is 19.5 Å². The number of hydrogen-bond donors (Lipinski definition) is 2. The molecule has 0 atom stereocenters. The Balaban J connectivity index is 1.70. The molecule has 1 aromatic rings. The first-order chi connectivity index (χ1) is 14.0. The van der Waals surface area contributed by atoms with Crippen LogP contribution in [0.25, 0.3) is 0 Å². The number of carboxylic acids is 1. The lowest BCUT2D eigenvalue weighted by molar-refractivity contribution is -0.140. The first-order valence-electron chi connectivity index (χ1n) is 11.3. The minimum absolute atomic E-state index is 0.118. The maximum atomic E-state index is 13.4. The highest BCUT2D eigenvalue weighted by Crippen LogP contribution is 2.36. The summed E-state index contributed by atoms with van der Waals surface area (Å²) in [5.41, 5.74) is 0.907. The summed E-state index contributed by atoms with van der Waals surface area (Å²) in [7, 11) is 0. The number of nitrogens with one attached hydrogen (secondary N) is 1. The molecule has 3 aliphatic carbocycles. The highest BCUT2D eigenvalue weighted by atomic mass is 16.4. The third-order valence-corrected chi connectivity index (χ3v) is 7.02. The molecule has 0 aliphatic heterocycles. The molecule has 1 heterocycles. The number of aromatic nitrogens is 1. The van der Waals surface area contributed by atoms with E-state index in [1.165, 1.54) is 32.1 Å². The molecule has 0 spiro atoms. The van der Waals surface area contributed by atoms with Gasteiger partial charge < -0.3 is 15.0 Å². The average molecular weight is 401 g/mol.